The minimum Gasteiger partial charge on any atom is -0.507 e. The number of carboxylic acid groups (broad SMARTS) is 1. The maximum absolute atomic E-state index is 10.7. The Labute approximate surface area is 117 Å². The van der Waals surface area contributed by atoms with Crippen molar-refractivity contribution in [3.8, 4) is 5.75 Å². The number of aromatic hydroxyl groups is 1. The molecule has 0 aliphatic carbocycles. The van der Waals surface area contributed by atoms with E-state index in [0.29, 0.717) is 11.1 Å². The highest BCUT2D eigenvalue weighted by atomic mass is 16.4. The van der Waals surface area contributed by atoms with Gasteiger partial charge in [-0.15, -0.1) is 15.3 Å². The molecule has 0 bridgehead atoms. The number of carboxylic acids is 1. The van der Waals surface area contributed by atoms with Crippen LogP contribution < -0.4 is 0 Å². The zero-order valence-electron chi connectivity index (χ0n) is 10.6. The Balaban J connectivity index is 1.99. The average molecular weight is 283 g/mol. The third-order valence-electron chi connectivity index (χ3n) is 2.80. The number of rotatable bonds is 3. The van der Waals surface area contributed by atoms with Gasteiger partial charge < -0.3 is 10.2 Å². The fraction of sp³-hybridized carbons (Fsp3) is 0. The molecule has 0 fully saturated rings. The molecule has 0 aliphatic rings. The van der Waals surface area contributed by atoms with E-state index in [2.05, 4.69) is 25.4 Å². The fourth-order valence-electron chi connectivity index (χ4n) is 1.85. The van der Waals surface area contributed by atoms with Crippen molar-refractivity contribution in [2.24, 2.45) is 10.2 Å². The van der Waals surface area contributed by atoms with Gasteiger partial charge in [-0.05, 0) is 12.1 Å². The van der Waals surface area contributed by atoms with E-state index in [1.165, 1.54) is 6.07 Å². The summed E-state index contributed by atoms with van der Waals surface area (Å²) in [6.45, 7) is 0. The molecule has 3 aromatic rings. The minimum absolute atomic E-state index is 0.0791. The van der Waals surface area contributed by atoms with Gasteiger partial charge in [0, 0.05) is 10.8 Å². The van der Waals surface area contributed by atoms with Crippen LogP contribution in [0.1, 0.15) is 10.6 Å². The largest absolute Gasteiger partial charge is 0.507 e. The molecule has 21 heavy (non-hydrogen) atoms. The lowest BCUT2D eigenvalue weighted by molar-refractivity contribution is 0.0684. The number of phenols is 1. The van der Waals surface area contributed by atoms with E-state index in [-0.39, 0.29) is 17.5 Å². The number of nitrogens with one attached hydrogen (secondary N) is 1. The monoisotopic (exact) mass is 283 g/mol. The van der Waals surface area contributed by atoms with Gasteiger partial charge in [-0.2, -0.15) is 4.98 Å². The molecule has 1 heterocycles. The number of hydrogen-bond acceptors (Lipinski definition) is 6. The number of hydrogen-bond donors (Lipinski definition) is 3. The lowest BCUT2D eigenvalue weighted by Crippen LogP contribution is -1.98. The Bertz CT molecular complexity index is 856. The van der Waals surface area contributed by atoms with E-state index in [0.717, 1.165) is 5.39 Å². The first kappa shape index (κ1) is 12.7. The minimum atomic E-state index is -1.22. The van der Waals surface area contributed by atoms with Gasteiger partial charge >= 0.3 is 5.97 Å². The normalized spacial score (nSPS) is 11.2. The van der Waals surface area contributed by atoms with Crippen molar-refractivity contribution >= 4 is 28.4 Å². The molecule has 0 saturated heterocycles. The molecular weight excluding hydrogens is 274 g/mol. The maximum Gasteiger partial charge on any atom is 0.373 e. The molecule has 0 atom stereocenters. The number of benzene rings is 2. The number of fused-ring (bicyclic) bond motifs is 1. The number of aromatic nitrogens is 3. The Morgan fingerprint density at radius 2 is 1.86 bits per heavy atom. The van der Waals surface area contributed by atoms with E-state index in [1.54, 1.807) is 24.3 Å². The number of nitrogens with zero attached hydrogens (tertiary/aromatic N) is 4. The first-order valence-corrected chi connectivity index (χ1v) is 5.93. The summed E-state index contributed by atoms with van der Waals surface area (Å²) in [5, 5.41) is 33.5. The summed E-state index contributed by atoms with van der Waals surface area (Å²) in [6.07, 6.45) is 0. The van der Waals surface area contributed by atoms with Crippen molar-refractivity contribution in [1.29, 1.82) is 0 Å². The van der Waals surface area contributed by atoms with E-state index in [1.807, 2.05) is 6.07 Å². The molecule has 0 amide bonds. The number of carbonyl (C=O) groups is 1. The Morgan fingerprint density at radius 1 is 1.10 bits per heavy atom. The molecule has 2 aromatic carbocycles. The summed E-state index contributed by atoms with van der Waals surface area (Å²) in [7, 11) is 0. The van der Waals surface area contributed by atoms with E-state index < -0.39 is 5.97 Å². The second-order valence-electron chi connectivity index (χ2n) is 4.14. The molecule has 0 unspecified atom stereocenters. The van der Waals surface area contributed by atoms with Crippen LogP contribution in [-0.2, 0) is 0 Å². The van der Waals surface area contributed by atoms with Crippen LogP contribution in [0.15, 0.2) is 46.6 Å². The lowest BCUT2D eigenvalue weighted by Gasteiger charge is -2.02. The fourth-order valence-corrected chi connectivity index (χ4v) is 1.85. The predicted octanol–water partition coefficient (Wildman–Crippen LogP) is 2.78. The molecular formula is C13H9N5O3. The number of H-pyrrole nitrogens is 1. The zero-order valence-corrected chi connectivity index (χ0v) is 10.6. The van der Waals surface area contributed by atoms with Gasteiger partial charge in [-0.1, -0.05) is 24.3 Å². The SMILES string of the molecule is O=C(O)c1nc(N=Nc2ccc(O)c3ccccc23)n[nH]1. The Kier molecular flexibility index (Phi) is 3.03. The van der Waals surface area contributed by atoms with Crippen LogP contribution in [0.3, 0.4) is 0 Å². The van der Waals surface area contributed by atoms with Crippen LogP contribution in [0.4, 0.5) is 11.6 Å². The third-order valence-corrected chi connectivity index (χ3v) is 2.80. The predicted molar refractivity (Wildman–Crippen MR) is 73.1 cm³/mol. The van der Waals surface area contributed by atoms with Crippen molar-refractivity contribution < 1.29 is 15.0 Å². The molecule has 0 spiro atoms. The molecule has 3 N–H and O–H groups in total. The second kappa shape index (κ2) is 5.00. The topological polar surface area (TPSA) is 124 Å². The summed E-state index contributed by atoms with van der Waals surface area (Å²) >= 11 is 0. The van der Waals surface area contributed by atoms with Crippen LogP contribution in [0, 0.1) is 0 Å². The number of azo groups is 1. The summed E-state index contributed by atoms with van der Waals surface area (Å²) in [5.41, 5.74) is 0.519. The molecule has 0 saturated carbocycles. The smallest absolute Gasteiger partial charge is 0.373 e. The van der Waals surface area contributed by atoms with Gasteiger partial charge in [0.2, 0.25) is 5.82 Å². The molecule has 0 aliphatic heterocycles. The van der Waals surface area contributed by atoms with Crippen molar-refractivity contribution in [3.63, 3.8) is 0 Å². The summed E-state index contributed by atoms with van der Waals surface area (Å²) in [5.74, 6) is -1.46. The van der Waals surface area contributed by atoms with Crippen molar-refractivity contribution in [1.82, 2.24) is 15.2 Å². The maximum atomic E-state index is 10.7. The van der Waals surface area contributed by atoms with Gasteiger partial charge in [-0.25, -0.2) is 4.79 Å². The lowest BCUT2D eigenvalue weighted by atomic mass is 10.1. The standard InChI is InChI=1S/C13H9N5O3/c19-10-6-5-9(7-3-1-2-4-8(7)10)15-17-13-14-11(12(20)21)16-18-13/h1-6,19H,(H,20,21)(H,14,16,18). The molecule has 8 heteroatoms. The summed E-state index contributed by atoms with van der Waals surface area (Å²) in [6, 6.07) is 10.3. The first-order valence-electron chi connectivity index (χ1n) is 5.93. The van der Waals surface area contributed by atoms with Crippen LogP contribution in [0.5, 0.6) is 5.75 Å². The van der Waals surface area contributed by atoms with Crippen molar-refractivity contribution in [2.45, 2.75) is 0 Å². The number of phenolic OH excluding ortho intramolecular Hbond substituents is 1. The van der Waals surface area contributed by atoms with Crippen LogP contribution in [0.2, 0.25) is 0 Å². The number of aromatic amines is 1. The van der Waals surface area contributed by atoms with Gasteiger partial charge in [-0.3, -0.25) is 5.10 Å². The van der Waals surface area contributed by atoms with Gasteiger partial charge in [0.05, 0.1) is 5.69 Å². The van der Waals surface area contributed by atoms with E-state index >= 15 is 0 Å². The number of aromatic carboxylic acids is 1. The Morgan fingerprint density at radius 3 is 2.57 bits per heavy atom. The second-order valence-corrected chi connectivity index (χ2v) is 4.14. The first-order chi connectivity index (χ1) is 10.1. The van der Waals surface area contributed by atoms with Crippen molar-refractivity contribution in [2.75, 3.05) is 0 Å². The third kappa shape index (κ3) is 2.41. The average Bonchev–Trinajstić information content (AvgIpc) is 2.96. The van der Waals surface area contributed by atoms with E-state index in [4.69, 9.17) is 5.11 Å². The van der Waals surface area contributed by atoms with Crippen LogP contribution in [0.25, 0.3) is 10.8 Å². The molecule has 1 aromatic heterocycles. The molecule has 8 nitrogen and oxygen atoms in total. The summed E-state index contributed by atoms with van der Waals surface area (Å²) in [4.78, 5) is 14.3. The quantitative estimate of drug-likeness (QED) is 0.637. The van der Waals surface area contributed by atoms with Crippen LogP contribution in [-0.4, -0.2) is 31.4 Å². The van der Waals surface area contributed by atoms with Gasteiger partial charge in [0.25, 0.3) is 5.95 Å². The summed E-state index contributed by atoms with van der Waals surface area (Å²) < 4.78 is 0. The highest BCUT2D eigenvalue weighted by Gasteiger charge is 2.09. The molecule has 104 valence electrons. The highest BCUT2D eigenvalue weighted by molar-refractivity contribution is 5.96. The van der Waals surface area contributed by atoms with Gasteiger partial charge in [0.1, 0.15) is 5.75 Å². The highest BCUT2D eigenvalue weighted by Crippen LogP contribution is 2.32. The van der Waals surface area contributed by atoms with Gasteiger partial charge in [0.15, 0.2) is 0 Å². The van der Waals surface area contributed by atoms with E-state index in [9.17, 15) is 9.90 Å². The molecule has 0 radical (unpaired) electrons. The molecule has 3 rings (SSSR count). The Hall–Kier alpha value is -3.29. The zero-order chi connectivity index (χ0) is 14.8. The van der Waals surface area contributed by atoms with Crippen LogP contribution >= 0.6 is 0 Å². The van der Waals surface area contributed by atoms with Crippen molar-refractivity contribution in [3.05, 3.63) is 42.2 Å².